The summed E-state index contributed by atoms with van der Waals surface area (Å²) in [7, 11) is 5.89. The van der Waals surface area contributed by atoms with Gasteiger partial charge in [0.1, 0.15) is 5.75 Å². The Morgan fingerprint density at radius 2 is 1.79 bits per heavy atom. The first-order valence-electron chi connectivity index (χ1n) is 6.79. The van der Waals surface area contributed by atoms with Crippen LogP contribution < -0.4 is 15.0 Å². The van der Waals surface area contributed by atoms with E-state index >= 15 is 0 Å². The summed E-state index contributed by atoms with van der Waals surface area (Å²) in [6.45, 7) is 11.8. The van der Waals surface area contributed by atoms with Crippen molar-refractivity contribution in [1.82, 2.24) is 5.32 Å². The molecule has 0 heterocycles. The molecule has 1 aromatic rings. The van der Waals surface area contributed by atoms with Crippen LogP contribution in [0.5, 0.6) is 5.75 Å². The molecule has 0 aliphatic heterocycles. The molecule has 0 unspecified atom stereocenters. The van der Waals surface area contributed by atoms with E-state index in [1.54, 1.807) is 7.11 Å². The number of nitrogens with zero attached hydrogens (tertiary/aromatic N) is 1. The van der Waals surface area contributed by atoms with Crippen LogP contribution in [-0.2, 0) is 0 Å². The molecule has 0 aliphatic rings. The van der Waals surface area contributed by atoms with Crippen LogP contribution in [0.2, 0.25) is 0 Å². The normalized spacial score (nSPS) is 11.6. The SMILES string of the molecule is CNCC(C)(C)N(C)c1cc(C)c(OC)c(C)c1C. The van der Waals surface area contributed by atoms with Crippen molar-refractivity contribution >= 4 is 5.69 Å². The van der Waals surface area contributed by atoms with Crippen molar-refractivity contribution in [3.8, 4) is 5.75 Å². The highest BCUT2D eigenvalue weighted by Gasteiger charge is 2.25. The molecule has 19 heavy (non-hydrogen) atoms. The molecule has 0 spiro atoms. The van der Waals surface area contributed by atoms with E-state index in [0.29, 0.717) is 0 Å². The Morgan fingerprint density at radius 3 is 2.26 bits per heavy atom. The number of ether oxygens (including phenoxy) is 1. The average Bonchev–Trinajstić information content (AvgIpc) is 2.33. The zero-order chi connectivity index (χ0) is 14.8. The Bertz CT molecular complexity index is 453. The number of methoxy groups -OCH3 is 1. The summed E-state index contributed by atoms with van der Waals surface area (Å²) in [5.41, 5.74) is 5.04. The number of likely N-dealkylation sites (N-methyl/N-ethyl adjacent to an activating group) is 2. The first-order valence-corrected chi connectivity index (χ1v) is 6.79. The number of nitrogens with one attached hydrogen (secondary N) is 1. The molecule has 0 saturated heterocycles. The second-order valence-electron chi connectivity index (χ2n) is 5.90. The standard InChI is InChI=1S/C16H28N2O/c1-11-9-14(12(2)13(3)15(11)19-8)18(7)16(4,5)10-17-6/h9,17H,10H2,1-8H3. The van der Waals surface area contributed by atoms with Gasteiger partial charge in [-0.05, 0) is 64.4 Å². The van der Waals surface area contributed by atoms with E-state index < -0.39 is 0 Å². The molecular formula is C16H28N2O. The smallest absolute Gasteiger partial charge is 0.125 e. The lowest BCUT2D eigenvalue weighted by Gasteiger charge is -2.39. The van der Waals surface area contributed by atoms with Gasteiger partial charge in [0.2, 0.25) is 0 Å². The predicted octanol–water partition coefficient (Wildman–Crippen LogP) is 3.05. The number of rotatable bonds is 5. The van der Waals surface area contributed by atoms with Crippen molar-refractivity contribution < 1.29 is 4.74 Å². The van der Waals surface area contributed by atoms with Gasteiger partial charge in [0.05, 0.1) is 7.11 Å². The minimum atomic E-state index is 0.0625. The Labute approximate surface area is 118 Å². The number of hydrogen-bond donors (Lipinski definition) is 1. The van der Waals surface area contributed by atoms with Gasteiger partial charge in [-0.1, -0.05) is 0 Å². The van der Waals surface area contributed by atoms with E-state index in [-0.39, 0.29) is 5.54 Å². The van der Waals surface area contributed by atoms with E-state index in [0.717, 1.165) is 12.3 Å². The second kappa shape index (κ2) is 5.83. The summed E-state index contributed by atoms with van der Waals surface area (Å²) in [5.74, 6) is 1.00. The second-order valence-corrected chi connectivity index (χ2v) is 5.90. The monoisotopic (exact) mass is 264 g/mol. The first-order chi connectivity index (χ1) is 8.76. The molecule has 3 heteroatoms. The third-order valence-electron chi connectivity index (χ3n) is 4.08. The fraction of sp³-hybridized carbons (Fsp3) is 0.625. The molecule has 108 valence electrons. The average molecular weight is 264 g/mol. The molecule has 0 amide bonds. The zero-order valence-electron chi connectivity index (χ0n) is 13.6. The minimum Gasteiger partial charge on any atom is -0.496 e. The lowest BCUT2D eigenvalue weighted by molar-refractivity contribution is 0.407. The highest BCUT2D eigenvalue weighted by molar-refractivity contribution is 5.63. The molecule has 0 fully saturated rings. The van der Waals surface area contributed by atoms with Crippen molar-refractivity contribution in [2.24, 2.45) is 0 Å². The quantitative estimate of drug-likeness (QED) is 0.884. The molecule has 0 saturated carbocycles. The lowest BCUT2D eigenvalue weighted by Crippen LogP contribution is -2.48. The van der Waals surface area contributed by atoms with Crippen molar-refractivity contribution in [2.45, 2.75) is 40.2 Å². The van der Waals surface area contributed by atoms with Gasteiger partial charge in [-0.2, -0.15) is 0 Å². The van der Waals surface area contributed by atoms with E-state index in [1.807, 2.05) is 7.05 Å². The van der Waals surface area contributed by atoms with E-state index in [9.17, 15) is 0 Å². The third kappa shape index (κ3) is 3.03. The summed E-state index contributed by atoms with van der Waals surface area (Å²) in [6, 6.07) is 2.22. The molecule has 0 aromatic heterocycles. The molecule has 1 aromatic carbocycles. The molecule has 0 radical (unpaired) electrons. The van der Waals surface area contributed by atoms with Crippen molar-refractivity contribution in [2.75, 3.05) is 32.6 Å². The fourth-order valence-corrected chi connectivity index (χ4v) is 2.58. The topological polar surface area (TPSA) is 24.5 Å². The molecular weight excluding hydrogens is 236 g/mol. The number of aryl methyl sites for hydroxylation is 1. The van der Waals surface area contributed by atoms with Gasteiger partial charge in [0.25, 0.3) is 0 Å². The summed E-state index contributed by atoms with van der Waals surface area (Å²) in [4.78, 5) is 2.35. The summed E-state index contributed by atoms with van der Waals surface area (Å²) >= 11 is 0. The van der Waals surface area contributed by atoms with Crippen molar-refractivity contribution in [3.63, 3.8) is 0 Å². The molecule has 1 N–H and O–H groups in total. The summed E-state index contributed by atoms with van der Waals surface area (Å²) in [6.07, 6.45) is 0. The van der Waals surface area contributed by atoms with Crippen LogP contribution in [0.1, 0.15) is 30.5 Å². The number of benzene rings is 1. The molecule has 1 rings (SSSR count). The van der Waals surface area contributed by atoms with Crippen LogP contribution in [0.4, 0.5) is 5.69 Å². The van der Waals surface area contributed by atoms with Gasteiger partial charge in [0.15, 0.2) is 0 Å². The Balaban J connectivity index is 3.29. The predicted molar refractivity (Wildman–Crippen MR) is 83.6 cm³/mol. The molecule has 0 atom stereocenters. The van der Waals surface area contributed by atoms with Crippen LogP contribution >= 0.6 is 0 Å². The summed E-state index contributed by atoms with van der Waals surface area (Å²) in [5, 5.41) is 3.26. The highest BCUT2D eigenvalue weighted by Crippen LogP contribution is 2.35. The maximum absolute atomic E-state index is 5.49. The van der Waals surface area contributed by atoms with Crippen LogP contribution in [0.15, 0.2) is 6.07 Å². The maximum Gasteiger partial charge on any atom is 0.125 e. The van der Waals surface area contributed by atoms with Crippen LogP contribution in [0.25, 0.3) is 0 Å². The Kier molecular flexibility index (Phi) is 4.86. The fourth-order valence-electron chi connectivity index (χ4n) is 2.58. The van der Waals surface area contributed by atoms with Crippen LogP contribution in [0, 0.1) is 20.8 Å². The van der Waals surface area contributed by atoms with E-state index in [4.69, 9.17) is 4.74 Å². The first kappa shape index (κ1) is 15.8. The Morgan fingerprint density at radius 1 is 1.21 bits per heavy atom. The van der Waals surface area contributed by atoms with Gasteiger partial charge in [0, 0.05) is 24.8 Å². The van der Waals surface area contributed by atoms with E-state index in [1.165, 1.54) is 22.4 Å². The van der Waals surface area contributed by atoms with Crippen LogP contribution in [0.3, 0.4) is 0 Å². The molecule has 3 nitrogen and oxygen atoms in total. The number of anilines is 1. The minimum absolute atomic E-state index is 0.0625. The van der Waals surface area contributed by atoms with E-state index in [2.05, 4.69) is 57.9 Å². The zero-order valence-corrected chi connectivity index (χ0v) is 13.6. The van der Waals surface area contributed by atoms with Gasteiger partial charge in [-0.15, -0.1) is 0 Å². The van der Waals surface area contributed by atoms with Gasteiger partial charge in [-0.25, -0.2) is 0 Å². The largest absolute Gasteiger partial charge is 0.496 e. The van der Waals surface area contributed by atoms with Gasteiger partial charge < -0.3 is 15.0 Å². The third-order valence-corrected chi connectivity index (χ3v) is 4.08. The molecule has 0 aliphatic carbocycles. The molecule has 0 bridgehead atoms. The summed E-state index contributed by atoms with van der Waals surface area (Å²) < 4.78 is 5.49. The lowest BCUT2D eigenvalue weighted by atomic mass is 9.97. The maximum atomic E-state index is 5.49. The Hall–Kier alpha value is -1.22. The van der Waals surface area contributed by atoms with Crippen molar-refractivity contribution in [1.29, 1.82) is 0 Å². The van der Waals surface area contributed by atoms with Crippen LogP contribution in [-0.4, -0.2) is 33.3 Å². The van der Waals surface area contributed by atoms with Gasteiger partial charge in [-0.3, -0.25) is 0 Å². The van der Waals surface area contributed by atoms with Crippen molar-refractivity contribution in [3.05, 3.63) is 22.8 Å². The highest BCUT2D eigenvalue weighted by atomic mass is 16.5. The van der Waals surface area contributed by atoms with Gasteiger partial charge >= 0.3 is 0 Å². The number of hydrogen-bond acceptors (Lipinski definition) is 3.